The lowest BCUT2D eigenvalue weighted by Crippen LogP contribution is -2.49. The Morgan fingerprint density at radius 3 is 2.25 bits per heavy atom. The largest absolute Gasteiger partial charge is 0.480 e. The average Bonchev–Trinajstić information content (AvgIpc) is 2.75. The second-order valence-corrected chi connectivity index (χ2v) is 5.89. The SMILES string of the molecule is O=C(O)[C@H]1C[C@@H](O)CN1C(=O)NC1CCCCCCC1. The van der Waals surface area contributed by atoms with Crippen LogP contribution >= 0.6 is 0 Å². The van der Waals surface area contributed by atoms with Crippen LogP contribution in [0.5, 0.6) is 0 Å². The number of rotatable bonds is 2. The van der Waals surface area contributed by atoms with Gasteiger partial charge in [-0.1, -0.05) is 32.1 Å². The molecular weight excluding hydrogens is 260 g/mol. The molecule has 20 heavy (non-hydrogen) atoms. The van der Waals surface area contributed by atoms with Crippen molar-refractivity contribution in [2.45, 2.75) is 69.6 Å². The quantitative estimate of drug-likeness (QED) is 0.713. The first-order valence-corrected chi connectivity index (χ1v) is 7.56. The van der Waals surface area contributed by atoms with Crippen LogP contribution in [0.3, 0.4) is 0 Å². The van der Waals surface area contributed by atoms with Crippen LogP contribution in [0.2, 0.25) is 0 Å². The van der Waals surface area contributed by atoms with Crippen molar-refractivity contribution in [1.82, 2.24) is 10.2 Å². The van der Waals surface area contributed by atoms with Gasteiger partial charge in [0.1, 0.15) is 6.04 Å². The lowest BCUT2D eigenvalue weighted by Gasteiger charge is -2.26. The van der Waals surface area contributed by atoms with Gasteiger partial charge in [0, 0.05) is 19.0 Å². The third-order valence-electron chi connectivity index (χ3n) is 4.26. The summed E-state index contributed by atoms with van der Waals surface area (Å²) in [6.45, 7) is 0.107. The molecule has 1 aliphatic heterocycles. The van der Waals surface area contributed by atoms with Crippen molar-refractivity contribution in [3.05, 3.63) is 0 Å². The molecule has 0 aromatic carbocycles. The van der Waals surface area contributed by atoms with Crippen LogP contribution in [-0.4, -0.2) is 51.8 Å². The molecule has 0 bridgehead atoms. The molecule has 0 aromatic heterocycles. The van der Waals surface area contributed by atoms with Gasteiger partial charge in [-0.2, -0.15) is 0 Å². The van der Waals surface area contributed by atoms with Crippen molar-refractivity contribution in [1.29, 1.82) is 0 Å². The summed E-state index contributed by atoms with van der Waals surface area (Å²) in [6.07, 6.45) is 7.18. The van der Waals surface area contributed by atoms with Crippen molar-refractivity contribution < 1.29 is 19.8 Å². The summed E-state index contributed by atoms with van der Waals surface area (Å²) in [6, 6.07) is -1.12. The van der Waals surface area contributed by atoms with Gasteiger partial charge < -0.3 is 20.4 Å². The van der Waals surface area contributed by atoms with Gasteiger partial charge in [-0.05, 0) is 12.8 Å². The molecule has 2 rings (SSSR count). The van der Waals surface area contributed by atoms with E-state index in [0.717, 1.165) is 25.7 Å². The zero-order valence-corrected chi connectivity index (χ0v) is 11.8. The number of carbonyl (C=O) groups is 2. The molecule has 2 atom stereocenters. The highest BCUT2D eigenvalue weighted by Crippen LogP contribution is 2.20. The van der Waals surface area contributed by atoms with Gasteiger partial charge in [0.05, 0.1) is 6.10 Å². The number of carbonyl (C=O) groups excluding carboxylic acids is 1. The van der Waals surface area contributed by atoms with E-state index in [1.165, 1.54) is 24.2 Å². The maximum atomic E-state index is 12.2. The highest BCUT2D eigenvalue weighted by atomic mass is 16.4. The van der Waals surface area contributed by atoms with Gasteiger partial charge in [-0.25, -0.2) is 9.59 Å². The standard InChI is InChI=1S/C14H24N2O4/c17-11-8-12(13(18)19)16(9-11)14(20)15-10-6-4-2-1-3-5-7-10/h10-12,17H,1-9H2,(H,15,20)(H,18,19)/t11-,12-/m1/s1. The van der Waals surface area contributed by atoms with Gasteiger partial charge in [-0.15, -0.1) is 0 Å². The minimum atomic E-state index is -1.05. The maximum absolute atomic E-state index is 12.2. The molecule has 0 spiro atoms. The minimum absolute atomic E-state index is 0.107. The minimum Gasteiger partial charge on any atom is -0.480 e. The highest BCUT2D eigenvalue weighted by Gasteiger charge is 2.39. The lowest BCUT2D eigenvalue weighted by molar-refractivity contribution is -0.141. The van der Waals surface area contributed by atoms with Crippen molar-refractivity contribution in [3.63, 3.8) is 0 Å². The Hall–Kier alpha value is -1.30. The van der Waals surface area contributed by atoms with Crippen LogP contribution in [0, 0.1) is 0 Å². The third-order valence-corrected chi connectivity index (χ3v) is 4.26. The normalized spacial score (nSPS) is 28.8. The molecule has 0 unspecified atom stereocenters. The van der Waals surface area contributed by atoms with Crippen molar-refractivity contribution in [2.75, 3.05) is 6.54 Å². The Morgan fingerprint density at radius 2 is 1.65 bits per heavy atom. The first-order valence-electron chi connectivity index (χ1n) is 7.56. The first kappa shape index (κ1) is 15.1. The summed E-state index contributed by atoms with van der Waals surface area (Å²) in [4.78, 5) is 24.6. The molecule has 6 heteroatoms. The molecule has 3 N–H and O–H groups in total. The Balaban J connectivity index is 1.90. The molecule has 1 aliphatic carbocycles. The summed E-state index contributed by atoms with van der Waals surface area (Å²) in [5.74, 6) is -1.05. The summed E-state index contributed by atoms with van der Waals surface area (Å²) in [5.41, 5.74) is 0. The van der Waals surface area contributed by atoms with E-state index in [2.05, 4.69) is 5.32 Å². The Bertz CT molecular complexity index is 353. The molecule has 1 saturated carbocycles. The predicted octanol–water partition coefficient (Wildman–Crippen LogP) is 1.33. The number of likely N-dealkylation sites (tertiary alicyclic amines) is 1. The monoisotopic (exact) mass is 284 g/mol. The summed E-state index contributed by atoms with van der Waals surface area (Å²) in [7, 11) is 0. The zero-order chi connectivity index (χ0) is 14.5. The molecule has 1 heterocycles. The first-order chi connectivity index (χ1) is 9.58. The molecule has 2 aliphatic rings. The number of carboxylic acid groups (broad SMARTS) is 1. The predicted molar refractivity (Wildman–Crippen MR) is 73.4 cm³/mol. The third kappa shape index (κ3) is 3.85. The number of urea groups is 1. The fraction of sp³-hybridized carbons (Fsp3) is 0.857. The number of aliphatic carboxylic acids is 1. The number of amides is 2. The number of nitrogens with zero attached hydrogens (tertiary/aromatic N) is 1. The van der Waals surface area contributed by atoms with Gasteiger partial charge in [-0.3, -0.25) is 0 Å². The van der Waals surface area contributed by atoms with Crippen LogP contribution in [0.1, 0.15) is 51.4 Å². The maximum Gasteiger partial charge on any atom is 0.326 e. The van der Waals surface area contributed by atoms with E-state index in [4.69, 9.17) is 5.11 Å². The van der Waals surface area contributed by atoms with Crippen LogP contribution in [-0.2, 0) is 4.79 Å². The second-order valence-electron chi connectivity index (χ2n) is 5.89. The van der Waals surface area contributed by atoms with Crippen molar-refractivity contribution in [2.24, 2.45) is 0 Å². The molecular formula is C14H24N2O4. The number of aliphatic hydroxyl groups excluding tert-OH is 1. The topological polar surface area (TPSA) is 89.9 Å². The van der Waals surface area contributed by atoms with Gasteiger partial charge in [0.15, 0.2) is 0 Å². The highest BCUT2D eigenvalue weighted by molar-refractivity contribution is 5.83. The van der Waals surface area contributed by atoms with Crippen LogP contribution in [0.4, 0.5) is 4.79 Å². The molecule has 6 nitrogen and oxygen atoms in total. The number of hydrogen-bond acceptors (Lipinski definition) is 3. The Morgan fingerprint density at radius 1 is 1.05 bits per heavy atom. The van der Waals surface area contributed by atoms with Crippen LogP contribution in [0.15, 0.2) is 0 Å². The molecule has 2 amide bonds. The lowest BCUT2D eigenvalue weighted by atomic mass is 9.97. The summed E-state index contributed by atoms with van der Waals surface area (Å²) in [5, 5.41) is 21.6. The molecule has 1 saturated heterocycles. The number of aliphatic hydroxyl groups is 1. The molecule has 2 fully saturated rings. The van der Waals surface area contributed by atoms with E-state index in [1.807, 2.05) is 0 Å². The Kier molecular flexibility index (Phi) is 5.23. The number of hydrogen-bond donors (Lipinski definition) is 3. The summed E-state index contributed by atoms with van der Waals surface area (Å²) < 4.78 is 0. The molecule has 114 valence electrons. The van der Waals surface area contributed by atoms with Crippen LogP contribution in [0.25, 0.3) is 0 Å². The zero-order valence-electron chi connectivity index (χ0n) is 11.8. The number of carboxylic acids is 1. The van der Waals surface area contributed by atoms with Crippen molar-refractivity contribution in [3.8, 4) is 0 Å². The average molecular weight is 284 g/mol. The summed E-state index contributed by atoms with van der Waals surface area (Å²) >= 11 is 0. The smallest absolute Gasteiger partial charge is 0.326 e. The Labute approximate surface area is 119 Å². The van der Waals surface area contributed by atoms with Crippen molar-refractivity contribution >= 4 is 12.0 Å². The fourth-order valence-electron chi connectivity index (χ4n) is 3.13. The van der Waals surface area contributed by atoms with E-state index in [-0.39, 0.29) is 25.0 Å². The van der Waals surface area contributed by atoms with E-state index >= 15 is 0 Å². The van der Waals surface area contributed by atoms with E-state index in [1.54, 1.807) is 0 Å². The van der Waals surface area contributed by atoms with E-state index in [0.29, 0.717) is 0 Å². The van der Waals surface area contributed by atoms with Crippen LogP contribution < -0.4 is 5.32 Å². The second kappa shape index (κ2) is 6.92. The molecule has 0 radical (unpaired) electrons. The van der Waals surface area contributed by atoms with Gasteiger partial charge in [0.2, 0.25) is 0 Å². The van der Waals surface area contributed by atoms with E-state index in [9.17, 15) is 14.7 Å². The van der Waals surface area contributed by atoms with Gasteiger partial charge in [0.25, 0.3) is 0 Å². The number of β-amino-alcohol motifs (C(OH)–C–C–N with tert-alkyl or cyclic N) is 1. The fourth-order valence-corrected chi connectivity index (χ4v) is 3.13. The van der Waals surface area contributed by atoms with E-state index < -0.39 is 18.1 Å². The number of nitrogens with one attached hydrogen (secondary N) is 1. The molecule has 0 aromatic rings. The van der Waals surface area contributed by atoms with Gasteiger partial charge >= 0.3 is 12.0 Å².